The number of nitrogens with one attached hydrogen (secondary N) is 1. The van der Waals surface area contributed by atoms with Crippen molar-refractivity contribution in [3.05, 3.63) is 0 Å². The van der Waals surface area contributed by atoms with Crippen LogP contribution in [0, 0.1) is 5.92 Å². The second kappa shape index (κ2) is 6.01. The molecule has 0 saturated carbocycles. The van der Waals surface area contributed by atoms with Crippen LogP contribution >= 0.6 is 0 Å². The molecule has 1 atom stereocenters. The molecule has 0 aliphatic heterocycles. The van der Waals surface area contributed by atoms with Crippen LogP contribution in [-0.2, 0) is 4.74 Å². The van der Waals surface area contributed by atoms with E-state index < -0.39 is 0 Å². The van der Waals surface area contributed by atoms with Crippen LogP contribution in [0.1, 0.15) is 26.7 Å². The normalized spacial score (nSPS) is 12.3. The minimum absolute atomic E-state index is 0.340. The minimum Gasteiger partial charge on any atom is -0.449 e. The lowest BCUT2D eigenvalue weighted by Crippen LogP contribution is -2.21. The number of rotatable bonds is 4. The fourth-order valence-corrected chi connectivity index (χ4v) is 0.866. The Morgan fingerprint density at radius 3 is 2.73 bits per heavy atom. The Labute approximate surface area is 68.1 Å². The van der Waals surface area contributed by atoms with E-state index in [-0.39, 0.29) is 6.09 Å². The molecule has 11 heavy (non-hydrogen) atoms. The molecule has 0 aliphatic carbocycles. The predicted octanol–water partition coefficient (Wildman–Crippen LogP) is 1.78. The van der Waals surface area contributed by atoms with Crippen molar-refractivity contribution in [2.45, 2.75) is 26.7 Å². The molecular formula is C8H17NO2. The molecule has 1 N–H and O–H groups in total. The SMILES string of the molecule is CCCC(C)COC(=O)NC. The van der Waals surface area contributed by atoms with E-state index >= 15 is 0 Å². The Morgan fingerprint density at radius 2 is 2.27 bits per heavy atom. The van der Waals surface area contributed by atoms with E-state index in [1.54, 1.807) is 7.05 Å². The zero-order valence-electron chi connectivity index (χ0n) is 7.52. The summed E-state index contributed by atoms with van der Waals surface area (Å²) < 4.78 is 4.86. The first kappa shape index (κ1) is 10.3. The molecule has 0 aromatic heterocycles. The molecule has 0 aliphatic rings. The van der Waals surface area contributed by atoms with Gasteiger partial charge in [-0.1, -0.05) is 20.3 Å². The van der Waals surface area contributed by atoms with Gasteiger partial charge >= 0.3 is 6.09 Å². The highest BCUT2D eigenvalue weighted by Crippen LogP contribution is 2.04. The topological polar surface area (TPSA) is 38.3 Å². The molecule has 0 spiro atoms. The maximum Gasteiger partial charge on any atom is 0.406 e. The van der Waals surface area contributed by atoms with Crippen LogP contribution in [0.5, 0.6) is 0 Å². The summed E-state index contributed by atoms with van der Waals surface area (Å²) in [7, 11) is 1.56. The van der Waals surface area contributed by atoms with Crippen LogP contribution < -0.4 is 5.32 Å². The molecule has 0 aromatic rings. The molecule has 0 heterocycles. The molecule has 66 valence electrons. The maximum atomic E-state index is 10.6. The molecule has 1 unspecified atom stereocenters. The van der Waals surface area contributed by atoms with Gasteiger partial charge in [0.05, 0.1) is 6.61 Å². The van der Waals surface area contributed by atoms with Gasteiger partial charge < -0.3 is 10.1 Å². The van der Waals surface area contributed by atoms with Crippen LogP contribution in [0.2, 0.25) is 0 Å². The lowest BCUT2D eigenvalue weighted by Gasteiger charge is -2.09. The summed E-state index contributed by atoms with van der Waals surface area (Å²) in [6, 6.07) is 0. The Hall–Kier alpha value is -0.730. The van der Waals surface area contributed by atoms with Crippen molar-refractivity contribution in [3.8, 4) is 0 Å². The second-order valence-corrected chi connectivity index (χ2v) is 2.74. The quantitative estimate of drug-likeness (QED) is 0.679. The third-order valence-electron chi connectivity index (χ3n) is 1.48. The fourth-order valence-electron chi connectivity index (χ4n) is 0.866. The molecule has 0 rings (SSSR count). The Balaban J connectivity index is 3.29. The average Bonchev–Trinajstić information content (AvgIpc) is 2.01. The van der Waals surface area contributed by atoms with Crippen LogP contribution in [-0.4, -0.2) is 19.7 Å². The summed E-state index contributed by atoms with van der Waals surface area (Å²) in [6.07, 6.45) is 1.91. The summed E-state index contributed by atoms with van der Waals surface area (Å²) in [5, 5.41) is 2.40. The Bertz CT molecular complexity index is 115. The van der Waals surface area contributed by atoms with Crippen LogP contribution in [0.25, 0.3) is 0 Å². The van der Waals surface area contributed by atoms with Gasteiger partial charge in [0, 0.05) is 7.05 Å². The molecule has 0 bridgehead atoms. The van der Waals surface area contributed by atoms with Gasteiger partial charge in [-0.25, -0.2) is 4.79 Å². The monoisotopic (exact) mass is 159 g/mol. The van der Waals surface area contributed by atoms with E-state index in [4.69, 9.17) is 4.74 Å². The molecule has 3 nitrogen and oxygen atoms in total. The highest BCUT2D eigenvalue weighted by atomic mass is 16.5. The van der Waals surface area contributed by atoms with Gasteiger partial charge in [-0.2, -0.15) is 0 Å². The van der Waals surface area contributed by atoms with Crippen molar-refractivity contribution in [2.24, 2.45) is 5.92 Å². The van der Waals surface area contributed by atoms with Gasteiger partial charge in [0.1, 0.15) is 0 Å². The highest BCUT2D eigenvalue weighted by Gasteiger charge is 2.03. The fraction of sp³-hybridized carbons (Fsp3) is 0.875. The van der Waals surface area contributed by atoms with Crippen molar-refractivity contribution in [2.75, 3.05) is 13.7 Å². The van der Waals surface area contributed by atoms with Crippen molar-refractivity contribution < 1.29 is 9.53 Å². The minimum atomic E-state index is -0.340. The van der Waals surface area contributed by atoms with Gasteiger partial charge in [-0.05, 0) is 12.3 Å². The number of amides is 1. The first-order valence-electron chi connectivity index (χ1n) is 4.05. The van der Waals surface area contributed by atoms with Crippen molar-refractivity contribution >= 4 is 6.09 Å². The third kappa shape index (κ3) is 5.70. The predicted molar refractivity (Wildman–Crippen MR) is 44.5 cm³/mol. The number of alkyl carbamates (subject to hydrolysis) is 1. The zero-order chi connectivity index (χ0) is 8.69. The number of hydrogen-bond acceptors (Lipinski definition) is 2. The number of carbonyl (C=O) groups is 1. The summed E-state index contributed by atoms with van der Waals surface area (Å²) in [4.78, 5) is 10.6. The van der Waals surface area contributed by atoms with Crippen molar-refractivity contribution in [1.82, 2.24) is 5.32 Å². The number of ether oxygens (including phenoxy) is 1. The molecule has 0 aromatic carbocycles. The summed E-state index contributed by atoms with van der Waals surface area (Å²) in [6.45, 7) is 4.72. The lowest BCUT2D eigenvalue weighted by molar-refractivity contribution is 0.130. The van der Waals surface area contributed by atoms with Gasteiger partial charge in [-0.3, -0.25) is 0 Å². The smallest absolute Gasteiger partial charge is 0.406 e. The molecule has 1 amide bonds. The molecule has 3 heteroatoms. The average molecular weight is 159 g/mol. The first-order chi connectivity index (χ1) is 5.20. The lowest BCUT2D eigenvalue weighted by atomic mass is 10.1. The van der Waals surface area contributed by atoms with Crippen LogP contribution in [0.4, 0.5) is 4.79 Å². The first-order valence-corrected chi connectivity index (χ1v) is 4.05. The number of hydrogen-bond donors (Lipinski definition) is 1. The van der Waals surface area contributed by atoms with Crippen LogP contribution in [0.15, 0.2) is 0 Å². The highest BCUT2D eigenvalue weighted by molar-refractivity contribution is 5.66. The van der Waals surface area contributed by atoms with E-state index in [0.29, 0.717) is 12.5 Å². The summed E-state index contributed by atoms with van der Waals surface area (Å²) in [5.74, 6) is 0.470. The van der Waals surface area contributed by atoms with Gasteiger partial charge in [0.25, 0.3) is 0 Å². The molecule has 0 saturated heterocycles. The Morgan fingerprint density at radius 1 is 1.64 bits per heavy atom. The molecular weight excluding hydrogens is 142 g/mol. The molecule has 0 radical (unpaired) electrons. The summed E-state index contributed by atoms with van der Waals surface area (Å²) >= 11 is 0. The summed E-state index contributed by atoms with van der Waals surface area (Å²) in [5.41, 5.74) is 0. The van der Waals surface area contributed by atoms with E-state index in [0.717, 1.165) is 12.8 Å². The van der Waals surface area contributed by atoms with E-state index in [9.17, 15) is 4.79 Å². The second-order valence-electron chi connectivity index (χ2n) is 2.74. The van der Waals surface area contributed by atoms with Crippen LogP contribution in [0.3, 0.4) is 0 Å². The Kier molecular flexibility index (Phi) is 5.61. The van der Waals surface area contributed by atoms with E-state index in [2.05, 4.69) is 19.2 Å². The van der Waals surface area contributed by atoms with Crippen molar-refractivity contribution in [3.63, 3.8) is 0 Å². The van der Waals surface area contributed by atoms with Gasteiger partial charge in [0.15, 0.2) is 0 Å². The molecule has 0 fully saturated rings. The maximum absolute atomic E-state index is 10.6. The standard InChI is InChI=1S/C8H17NO2/c1-4-5-7(2)6-11-8(10)9-3/h7H,4-6H2,1-3H3,(H,9,10). The largest absolute Gasteiger partial charge is 0.449 e. The number of carbonyl (C=O) groups excluding carboxylic acids is 1. The van der Waals surface area contributed by atoms with E-state index in [1.165, 1.54) is 0 Å². The van der Waals surface area contributed by atoms with E-state index in [1.807, 2.05) is 0 Å². The van der Waals surface area contributed by atoms with Crippen molar-refractivity contribution in [1.29, 1.82) is 0 Å². The van der Waals surface area contributed by atoms with Gasteiger partial charge in [0.2, 0.25) is 0 Å². The third-order valence-corrected chi connectivity index (χ3v) is 1.48. The van der Waals surface area contributed by atoms with Gasteiger partial charge in [-0.15, -0.1) is 0 Å². The zero-order valence-corrected chi connectivity index (χ0v) is 7.52.